The van der Waals surface area contributed by atoms with Gasteiger partial charge in [-0.1, -0.05) is 23.2 Å². The SMILES string of the molecule is N#CSCC(Cl)=C(Cl)I. The van der Waals surface area contributed by atoms with Gasteiger partial charge in [-0.3, -0.25) is 0 Å². The minimum absolute atomic E-state index is 0.472. The van der Waals surface area contributed by atoms with Crippen molar-refractivity contribution in [2.45, 2.75) is 0 Å². The van der Waals surface area contributed by atoms with E-state index in [1.807, 2.05) is 28.0 Å². The van der Waals surface area contributed by atoms with Crippen molar-refractivity contribution in [1.29, 1.82) is 5.26 Å². The smallest absolute Gasteiger partial charge is 0.133 e. The summed E-state index contributed by atoms with van der Waals surface area (Å²) < 4.78 is 0.525. The summed E-state index contributed by atoms with van der Waals surface area (Å²) in [6, 6.07) is 0. The summed E-state index contributed by atoms with van der Waals surface area (Å²) in [5, 5.41) is 10.5. The zero-order chi connectivity index (χ0) is 7.28. The van der Waals surface area contributed by atoms with E-state index in [0.29, 0.717) is 13.8 Å². The fourth-order valence-electron chi connectivity index (χ4n) is 0.150. The van der Waals surface area contributed by atoms with E-state index in [1.54, 1.807) is 0 Å². The molecule has 0 aliphatic heterocycles. The Morgan fingerprint density at radius 1 is 1.67 bits per heavy atom. The molecule has 0 atom stereocenters. The highest BCUT2D eigenvalue weighted by Crippen LogP contribution is 2.23. The fraction of sp³-hybridized carbons (Fsp3) is 0.250. The lowest BCUT2D eigenvalue weighted by atomic mass is 10.7. The second-order valence-electron chi connectivity index (χ2n) is 1.05. The van der Waals surface area contributed by atoms with Gasteiger partial charge in [-0.2, -0.15) is 5.26 Å². The number of nitrogens with zero attached hydrogens (tertiary/aromatic N) is 1. The number of hydrogen-bond donors (Lipinski definition) is 0. The van der Waals surface area contributed by atoms with E-state index < -0.39 is 0 Å². The normalized spacial score (nSPS) is 12.2. The van der Waals surface area contributed by atoms with E-state index in [0.717, 1.165) is 11.8 Å². The van der Waals surface area contributed by atoms with Crippen molar-refractivity contribution in [1.82, 2.24) is 0 Å². The van der Waals surface area contributed by atoms with Crippen molar-refractivity contribution >= 4 is 57.6 Å². The molecule has 0 aromatic heterocycles. The van der Waals surface area contributed by atoms with Gasteiger partial charge < -0.3 is 0 Å². The Bertz CT molecular complexity index is 158. The molecule has 0 aliphatic carbocycles. The van der Waals surface area contributed by atoms with Crippen molar-refractivity contribution in [2.24, 2.45) is 0 Å². The second kappa shape index (κ2) is 5.66. The van der Waals surface area contributed by atoms with Gasteiger partial charge in [0.25, 0.3) is 0 Å². The molecule has 5 heteroatoms. The van der Waals surface area contributed by atoms with Crippen LogP contribution in [0.2, 0.25) is 0 Å². The lowest BCUT2D eigenvalue weighted by molar-refractivity contribution is 1.56. The predicted molar refractivity (Wildman–Crippen MR) is 50.8 cm³/mol. The summed E-state index contributed by atoms with van der Waals surface area (Å²) in [6.45, 7) is 0. The molecule has 0 N–H and O–H groups in total. The molecule has 0 radical (unpaired) electrons. The number of nitriles is 1. The van der Waals surface area contributed by atoms with Crippen molar-refractivity contribution in [2.75, 3.05) is 5.75 Å². The maximum Gasteiger partial charge on any atom is 0.133 e. The van der Waals surface area contributed by atoms with Crippen LogP contribution in [0, 0.1) is 10.7 Å². The predicted octanol–water partition coefficient (Wildman–Crippen LogP) is 3.28. The summed E-state index contributed by atoms with van der Waals surface area (Å²) in [6.07, 6.45) is 0. The van der Waals surface area contributed by atoms with E-state index in [-0.39, 0.29) is 0 Å². The number of thiocyanates is 1. The molecular weight excluding hydrogens is 292 g/mol. The molecular formula is C4H2Cl2INS. The van der Waals surface area contributed by atoms with E-state index >= 15 is 0 Å². The topological polar surface area (TPSA) is 23.8 Å². The Balaban J connectivity index is 3.67. The molecule has 0 saturated carbocycles. The quantitative estimate of drug-likeness (QED) is 0.576. The van der Waals surface area contributed by atoms with Crippen molar-refractivity contribution in [3.8, 4) is 5.40 Å². The Kier molecular flexibility index (Phi) is 6.22. The average molecular weight is 294 g/mol. The fourth-order valence-corrected chi connectivity index (χ4v) is 1.25. The molecule has 0 aromatic rings. The molecule has 0 aromatic carbocycles. The van der Waals surface area contributed by atoms with Crippen LogP contribution in [0.15, 0.2) is 8.07 Å². The zero-order valence-electron chi connectivity index (χ0n) is 4.20. The third kappa shape index (κ3) is 5.34. The molecule has 0 unspecified atom stereocenters. The number of halogens is 3. The summed E-state index contributed by atoms with van der Waals surface area (Å²) in [4.78, 5) is 0. The van der Waals surface area contributed by atoms with Crippen molar-refractivity contribution in [3.63, 3.8) is 0 Å². The van der Waals surface area contributed by atoms with Crippen LogP contribution in [0.5, 0.6) is 0 Å². The Morgan fingerprint density at radius 2 is 2.22 bits per heavy atom. The van der Waals surface area contributed by atoms with E-state index in [4.69, 9.17) is 28.5 Å². The molecule has 0 heterocycles. The molecule has 0 bridgehead atoms. The number of rotatable bonds is 2. The maximum absolute atomic E-state index is 8.08. The van der Waals surface area contributed by atoms with E-state index in [2.05, 4.69) is 0 Å². The Hall–Kier alpha value is 0.890. The lowest BCUT2D eigenvalue weighted by Gasteiger charge is -1.90. The first-order valence-electron chi connectivity index (χ1n) is 1.89. The van der Waals surface area contributed by atoms with Gasteiger partial charge in [-0.25, -0.2) is 0 Å². The highest BCUT2D eigenvalue weighted by molar-refractivity contribution is 14.1. The van der Waals surface area contributed by atoms with Crippen LogP contribution < -0.4 is 0 Å². The largest absolute Gasteiger partial charge is 0.185 e. The first-order chi connectivity index (χ1) is 4.18. The Morgan fingerprint density at radius 3 is 2.56 bits per heavy atom. The van der Waals surface area contributed by atoms with Gasteiger partial charge in [0.2, 0.25) is 0 Å². The second-order valence-corrected chi connectivity index (χ2v) is 4.36. The minimum atomic E-state index is 0.472. The number of thioether (sulfide) groups is 1. The van der Waals surface area contributed by atoms with Crippen molar-refractivity contribution < 1.29 is 0 Å². The summed E-state index contributed by atoms with van der Waals surface area (Å²) >= 11 is 14.0. The van der Waals surface area contributed by atoms with Gasteiger partial charge in [0.15, 0.2) is 0 Å². The molecule has 50 valence electrons. The van der Waals surface area contributed by atoms with Crippen LogP contribution in [-0.4, -0.2) is 5.75 Å². The summed E-state index contributed by atoms with van der Waals surface area (Å²) in [5.74, 6) is 0.472. The van der Waals surface area contributed by atoms with Crippen LogP contribution in [0.4, 0.5) is 0 Å². The third-order valence-electron chi connectivity index (χ3n) is 0.469. The Labute approximate surface area is 81.5 Å². The molecule has 9 heavy (non-hydrogen) atoms. The lowest BCUT2D eigenvalue weighted by Crippen LogP contribution is -1.74. The molecule has 0 fully saturated rings. The van der Waals surface area contributed by atoms with Crippen molar-refractivity contribution in [3.05, 3.63) is 8.07 Å². The van der Waals surface area contributed by atoms with Crippen LogP contribution in [0.25, 0.3) is 0 Å². The van der Waals surface area contributed by atoms with Crippen LogP contribution in [0.1, 0.15) is 0 Å². The molecule has 0 aliphatic rings. The summed E-state index contributed by atoms with van der Waals surface area (Å²) in [5.41, 5.74) is 0. The van der Waals surface area contributed by atoms with E-state index in [9.17, 15) is 0 Å². The van der Waals surface area contributed by atoms with Gasteiger partial charge in [0.05, 0.1) is 8.07 Å². The highest BCUT2D eigenvalue weighted by Gasteiger charge is 1.96. The molecule has 0 rings (SSSR count). The molecule has 0 saturated heterocycles. The standard InChI is InChI=1S/C4H2Cl2INS/c5-3(4(6)7)1-9-2-8/h1H2. The van der Waals surface area contributed by atoms with Gasteiger partial charge in [-0.15, -0.1) is 0 Å². The molecule has 0 amide bonds. The molecule has 0 spiro atoms. The van der Waals surface area contributed by atoms with Gasteiger partial charge in [0.1, 0.15) is 5.40 Å². The first kappa shape index (κ1) is 9.89. The van der Waals surface area contributed by atoms with Gasteiger partial charge in [0, 0.05) is 5.75 Å². The zero-order valence-corrected chi connectivity index (χ0v) is 8.68. The molecule has 1 nitrogen and oxygen atoms in total. The maximum atomic E-state index is 8.08. The van der Waals surface area contributed by atoms with Crippen LogP contribution >= 0.6 is 57.6 Å². The van der Waals surface area contributed by atoms with Gasteiger partial charge in [-0.05, 0) is 34.4 Å². The monoisotopic (exact) mass is 293 g/mol. The van der Waals surface area contributed by atoms with Gasteiger partial charge >= 0.3 is 0 Å². The highest BCUT2D eigenvalue weighted by atomic mass is 127. The third-order valence-corrected chi connectivity index (χ3v) is 2.81. The first-order valence-corrected chi connectivity index (χ1v) is 4.71. The van der Waals surface area contributed by atoms with E-state index in [1.165, 1.54) is 0 Å². The van der Waals surface area contributed by atoms with Crippen LogP contribution in [-0.2, 0) is 0 Å². The summed E-state index contributed by atoms with van der Waals surface area (Å²) in [7, 11) is 0. The van der Waals surface area contributed by atoms with Crippen LogP contribution in [0.3, 0.4) is 0 Å². The average Bonchev–Trinajstić information content (AvgIpc) is 1.82. The number of hydrogen-bond acceptors (Lipinski definition) is 2. The minimum Gasteiger partial charge on any atom is -0.185 e.